The number of nitrogens with two attached hydrogens (primary N) is 1. The van der Waals surface area contributed by atoms with Gasteiger partial charge in [-0.3, -0.25) is 0 Å². The number of hydrogen-bond acceptors (Lipinski definition) is 4. The van der Waals surface area contributed by atoms with Crippen LogP contribution in [-0.2, 0) is 13.1 Å². The summed E-state index contributed by atoms with van der Waals surface area (Å²) in [5.74, 6) is 0.997. The third-order valence-electron chi connectivity index (χ3n) is 3.21. The first kappa shape index (κ1) is 12.3. The summed E-state index contributed by atoms with van der Waals surface area (Å²) in [7, 11) is 0. The van der Waals surface area contributed by atoms with E-state index in [0.717, 1.165) is 38.9 Å². The van der Waals surface area contributed by atoms with Crippen LogP contribution < -0.4 is 5.73 Å². The Morgan fingerprint density at radius 2 is 2.21 bits per heavy atom. The first-order chi connectivity index (χ1) is 9.22. The van der Waals surface area contributed by atoms with Gasteiger partial charge in [-0.25, -0.2) is 9.97 Å². The van der Waals surface area contributed by atoms with Crippen molar-refractivity contribution in [1.82, 2.24) is 14.5 Å². The van der Waals surface area contributed by atoms with E-state index in [9.17, 15) is 0 Å². The van der Waals surface area contributed by atoms with Gasteiger partial charge in [0, 0.05) is 19.3 Å². The van der Waals surface area contributed by atoms with Gasteiger partial charge in [0.05, 0.1) is 20.9 Å². The van der Waals surface area contributed by atoms with Gasteiger partial charge in [-0.1, -0.05) is 6.07 Å². The van der Waals surface area contributed by atoms with Gasteiger partial charge in [0.25, 0.3) is 0 Å². The van der Waals surface area contributed by atoms with Crippen LogP contribution in [0.1, 0.15) is 17.5 Å². The normalized spacial score (nSPS) is 11.3. The molecule has 0 aliphatic heterocycles. The molecule has 3 rings (SSSR count). The van der Waals surface area contributed by atoms with Gasteiger partial charge in [0.1, 0.15) is 0 Å². The molecule has 0 bridgehead atoms. The molecular weight excluding hydrogens is 256 g/mol. The summed E-state index contributed by atoms with van der Waals surface area (Å²) in [6.07, 6.45) is 1.90. The second-order valence-electron chi connectivity index (χ2n) is 4.45. The van der Waals surface area contributed by atoms with E-state index in [4.69, 9.17) is 10.7 Å². The number of aryl methyl sites for hydroxylation is 2. The Balaban J connectivity index is 2.24. The molecule has 19 heavy (non-hydrogen) atoms. The molecule has 0 amide bonds. The number of aromatic nitrogens is 3. The van der Waals surface area contributed by atoms with Crippen LogP contribution in [0.5, 0.6) is 0 Å². The average Bonchev–Trinajstić information content (AvgIpc) is 3.00. The van der Waals surface area contributed by atoms with Crippen LogP contribution in [-0.4, -0.2) is 14.5 Å². The molecule has 98 valence electrons. The van der Waals surface area contributed by atoms with Crippen molar-refractivity contribution < 1.29 is 0 Å². The summed E-state index contributed by atoms with van der Waals surface area (Å²) in [6, 6.07) is 6.24. The molecule has 2 N–H and O–H groups in total. The van der Waals surface area contributed by atoms with Gasteiger partial charge >= 0.3 is 0 Å². The fourth-order valence-electron chi connectivity index (χ4n) is 2.28. The lowest BCUT2D eigenvalue weighted by atomic mass is 10.2. The Kier molecular flexibility index (Phi) is 3.08. The van der Waals surface area contributed by atoms with Crippen molar-refractivity contribution in [2.75, 3.05) is 0 Å². The predicted octanol–water partition coefficient (Wildman–Crippen LogP) is 2.95. The van der Waals surface area contributed by atoms with Crippen LogP contribution in [0.4, 0.5) is 0 Å². The van der Waals surface area contributed by atoms with Gasteiger partial charge in [-0.2, -0.15) is 0 Å². The average molecular weight is 272 g/mol. The molecule has 0 fully saturated rings. The monoisotopic (exact) mass is 272 g/mol. The maximum absolute atomic E-state index is 5.69. The van der Waals surface area contributed by atoms with E-state index in [1.807, 2.05) is 13.1 Å². The summed E-state index contributed by atoms with van der Waals surface area (Å²) < 4.78 is 2.22. The highest BCUT2D eigenvalue weighted by atomic mass is 32.1. The lowest BCUT2D eigenvalue weighted by Crippen LogP contribution is -1.97. The topological polar surface area (TPSA) is 56.7 Å². The zero-order chi connectivity index (χ0) is 13.4. The van der Waals surface area contributed by atoms with Crippen molar-refractivity contribution in [2.45, 2.75) is 26.9 Å². The van der Waals surface area contributed by atoms with E-state index in [1.165, 1.54) is 0 Å². The van der Waals surface area contributed by atoms with Crippen molar-refractivity contribution in [2.24, 2.45) is 5.73 Å². The van der Waals surface area contributed by atoms with Crippen LogP contribution in [0, 0.1) is 6.92 Å². The lowest BCUT2D eigenvalue weighted by molar-refractivity contribution is 0.797. The first-order valence-electron chi connectivity index (χ1n) is 6.35. The first-order valence-corrected chi connectivity index (χ1v) is 7.16. The maximum Gasteiger partial charge on any atom is 0.152 e. The number of nitrogens with zero attached hydrogens (tertiary/aromatic N) is 3. The molecule has 2 aromatic heterocycles. The summed E-state index contributed by atoms with van der Waals surface area (Å²) >= 11 is 1.68. The van der Waals surface area contributed by atoms with Crippen molar-refractivity contribution in [3.8, 4) is 10.7 Å². The molecule has 0 saturated heterocycles. The molecular formula is C14H16N4S. The second kappa shape index (κ2) is 4.75. The number of fused-ring (bicyclic) bond motifs is 1. The number of imidazole rings is 1. The minimum absolute atomic E-state index is 0.546. The quantitative estimate of drug-likeness (QED) is 0.797. The van der Waals surface area contributed by atoms with Crippen molar-refractivity contribution in [3.63, 3.8) is 0 Å². The lowest BCUT2D eigenvalue weighted by Gasteiger charge is -2.03. The third kappa shape index (κ3) is 2.05. The van der Waals surface area contributed by atoms with Gasteiger partial charge in [-0.15, -0.1) is 11.3 Å². The number of hydrogen-bond donors (Lipinski definition) is 1. The summed E-state index contributed by atoms with van der Waals surface area (Å²) in [6.45, 7) is 5.59. The van der Waals surface area contributed by atoms with E-state index in [-0.39, 0.29) is 0 Å². The second-order valence-corrected chi connectivity index (χ2v) is 5.69. The standard InChI is InChI=1S/C14H16N4S/c1-3-18-12-5-4-10(7-15)6-11(12)17-14(18)13-8-16-9(2)19-13/h4-6,8H,3,7,15H2,1-2H3. The predicted molar refractivity (Wildman–Crippen MR) is 79.1 cm³/mol. The van der Waals surface area contributed by atoms with Crippen molar-refractivity contribution in [1.29, 1.82) is 0 Å². The Hall–Kier alpha value is -1.72. The molecule has 0 aliphatic rings. The number of benzene rings is 1. The van der Waals surface area contributed by atoms with Gasteiger partial charge < -0.3 is 10.3 Å². The fraction of sp³-hybridized carbons (Fsp3) is 0.286. The zero-order valence-electron chi connectivity index (χ0n) is 11.1. The summed E-state index contributed by atoms with van der Waals surface area (Å²) in [5.41, 5.74) is 8.96. The molecule has 0 atom stereocenters. The van der Waals surface area contributed by atoms with Crippen molar-refractivity contribution >= 4 is 22.4 Å². The maximum atomic E-state index is 5.69. The molecule has 0 unspecified atom stereocenters. The van der Waals surface area contributed by atoms with E-state index in [0.29, 0.717) is 6.54 Å². The van der Waals surface area contributed by atoms with E-state index >= 15 is 0 Å². The van der Waals surface area contributed by atoms with Crippen LogP contribution in [0.3, 0.4) is 0 Å². The van der Waals surface area contributed by atoms with Crippen LogP contribution in [0.2, 0.25) is 0 Å². The summed E-state index contributed by atoms with van der Waals surface area (Å²) in [5, 5.41) is 1.06. The molecule has 2 heterocycles. The zero-order valence-corrected chi connectivity index (χ0v) is 11.9. The molecule has 0 aliphatic carbocycles. The molecule has 4 nitrogen and oxygen atoms in total. The highest BCUT2D eigenvalue weighted by molar-refractivity contribution is 7.15. The van der Waals surface area contributed by atoms with E-state index < -0.39 is 0 Å². The molecule has 3 aromatic rings. The van der Waals surface area contributed by atoms with Crippen LogP contribution >= 0.6 is 11.3 Å². The smallest absolute Gasteiger partial charge is 0.152 e. The van der Waals surface area contributed by atoms with Crippen LogP contribution in [0.15, 0.2) is 24.4 Å². The van der Waals surface area contributed by atoms with Gasteiger partial charge in [-0.05, 0) is 31.5 Å². The Morgan fingerprint density at radius 3 is 2.84 bits per heavy atom. The number of rotatable bonds is 3. The Bertz CT molecular complexity index is 726. The molecule has 0 spiro atoms. The molecule has 0 saturated carbocycles. The SMILES string of the molecule is CCn1c(-c2cnc(C)s2)nc2cc(CN)ccc21. The molecule has 1 aromatic carbocycles. The Labute approximate surface area is 115 Å². The van der Waals surface area contributed by atoms with Crippen molar-refractivity contribution in [3.05, 3.63) is 35.0 Å². The highest BCUT2D eigenvalue weighted by Crippen LogP contribution is 2.29. The van der Waals surface area contributed by atoms with Gasteiger partial charge in [0.15, 0.2) is 5.82 Å². The molecule has 0 radical (unpaired) electrons. The number of thiazole rings is 1. The largest absolute Gasteiger partial charge is 0.326 e. The minimum atomic E-state index is 0.546. The Morgan fingerprint density at radius 1 is 1.37 bits per heavy atom. The third-order valence-corrected chi connectivity index (χ3v) is 4.11. The minimum Gasteiger partial charge on any atom is -0.326 e. The van der Waals surface area contributed by atoms with Crippen LogP contribution in [0.25, 0.3) is 21.7 Å². The highest BCUT2D eigenvalue weighted by Gasteiger charge is 2.13. The fourth-order valence-corrected chi connectivity index (χ4v) is 3.05. The van der Waals surface area contributed by atoms with Gasteiger partial charge in [0.2, 0.25) is 0 Å². The van der Waals surface area contributed by atoms with E-state index in [1.54, 1.807) is 11.3 Å². The summed E-state index contributed by atoms with van der Waals surface area (Å²) in [4.78, 5) is 10.2. The molecule has 5 heteroatoms. The van der Waals surface area contributed by atoms with E-state index in [2.05, 4.69) is 34.7 Å².